The lowest BCUT2D eigenvalue weighted by molar-refractivity contribution is 0.0751. The average molecular weight is 443 g/mol. The molecule has 3 heterocycles. The fourth-order valence-corrected chi connectivity index (χ4v) is 4.49. The van der Waals surface area contributed by atoms with Crippen LogP contribution in [0, 0.1) is 0 Å². The van der Waals surface area contributed by atoms with Crippen LogP contribution in [0.4, 0.5) is 0 Å². The number of H-pyrrole nitrogens is 1. The Balaban J connectivity index is 1.39. The molecule has 2 atom stereocenters. The van der Waals surface area contributed by atoms with Gasteiger partial charge in [-0.2, -0.15) is 0 Å². The molecule has 0 bridgehead atoms. The van der Waals surface area contributed by atoms with Crippen LogP contribution in [0.5, 0.6) is 5.75 Å². The number of ether oxygens (including phenoxy) is 1. The number of rotatable bonds is 6. The van der Waals surface area contributed by atoms with Crippen molar-refractivity contribution >= 4 is 5.91 Å². The molecule has 9 heteroatoms. The summed E-state index contributed by atoms with van der Waals surface area (Å²) in [5, 5.41) is 10.6. The normalized spacial score (nSPS) is 22.0. The van der Waals surface area contributed by atoms with E-state index < -0.39 is 23.4 Å². The topological polar surface area (TPSA) is 108 Å². The lowest BCUT2D eigenvalue weighted by atomic mass is 10.1. The Morgan fingerprint density at radius 3 is 2.66 bits per heavy atom. The number of aromatic nitrogens is 2. The third-order valence-electron chi connectivity index (χ3n) is 6.29. The van der Waals surface area contributed by atoms with Gasteiger partial charge in [0.05, 0.1) is 12.1 Å². The summed E-state index contributed by atoms with van der Waals surface area (Å²) in [5.74, 6) is 0.541. The largest absolute Gasteiger partial charge is 0.492 e. The van der Waals surface area contributed by atoms with E-state index >= 15 is 0 Å². The molecule has 2 aromatic rings. The lowest BCUT2D eigenvalue weighted by Gasteiger charge is -2.22. The summed E-state index contributed by atoms with van der Waals surface area (Å²) in [7, 11) is 0. The quantitative estimate of drug-likeness (QED) is 0.687. The summed E-state index contributed by atoms with van der Waals surface area (Å²) in [5.41, 5.74) is -0.494. The number of carbonyl (C=O) groups excluding carboxylic acids is 1. The van der Waals surface area contributed by atoms with Crippen molar-refractivity contribution in [1.29, 1.82) is 0 Å². The highest BCUT2D eigenvalue weighted by atomic mass is 16.5. The van der Waals surface area contributed by atoms with Gasteiger partial charge in [-0.05, 0) is 57.0 Å². The summed E-state index contributed by atoms with van der Waals surface area (Å²) in [4.78, 5) is 42.9. The minimum atomic E-state index is -0.795. The van der Waals surface area contributed by atoms with Gasteiger partial charge in [-0.3, -0.25) is 24.0 Å². The van der Waals surface area contributed by atoms with E-state index in [9.17, 15) is 19.5 Å². The maximum absolute atomic E-state index is 13.1. The standard InChI is InChI=1S/C23H30N4O5/c28-20-7-12-26(11-6-19(20)27-13-8-21(29)24-23(27)31)22(30)17-4-3-5-18(16-17)32-15-14-25-9-1-2-10-25/h3-5,8,13,16,19-20,28H,1-2,6-7,9-12,14-15H2,(H,24,29,31)/t19-,20-/m0/s1. The van der Waals surface area contributed by atoms with E-state index in [1.165, 1.54) is 29.7 Å². The highest BCUT2D eigenvalue weighted by Crippen LogP contribution is 2.23. The number of nitrogens with zero attached hydrogens (tertiary/aromatic N) is 3. The van der Waals surface area contributed by atoms with Gasteiger partial charge in [-0.15, -0.1) is 0 Å². The number of carbonyl (C=O) groups is 1. The number of aromatic amines is 1. The van der Waals surface area contributed by atoms with E-state index in [0.717, 1.165) is 19.6 Å². The molecule has 9 nitrogen and oxygen atoms in total. The van der Waals surface area contributed by atoms with E-state index in [2.05, 4.69) is 9.88 Å². The molecular weight excluding hydrogens is 412 g/mol. The smallest absolute Gasteiger partial charge is 0.328 e. The van der Waals surface area contributed by atoms with E-state index in [-0.39, 0.29) is 5.91 Å². The molecule has 2 saturated heterocycles. The van der Waals surface area contributed by atoms with Crippen LogP contribution in [0.1, 0.15) is 42.1 Å². The molecule has 0 spiro atoms. The first-order chi connectivity index (χ1) is 15.5. The van der Waals surface area contributed by atoms with Crippen LogP contribution in [0.25, 0.3) is 0 Å². The Morgan fingerprint density at radius 1 is 1.09 bits per heavy atom. The van der Waals surface area contributed by atoms with Gasteiger partial charge in [-0.1, -0.05) is 6.07 Å². The van der Waals surface area contributed by atoms with E-state index in [1.54, 1.807) is 17.0 Å². The van der Waals surface area contributed by atoms with Gasteiger partial charge < -0.3 is 14.7 Å². The summed E-state index contributed by atoms with van der Waals surface area (Å²) < 4.78 is 7.21. The van der Waals surface area contributed by atoms with Crippen molar-refractivity contribution in [2.75, 3.05) is 39.3 Å². The molecular formula is C23H30N4O5. The van der Waals surface area contributed by atoms with Crippen molar-refractivity contribution in [1.82, 2.24) is 19.4 Å². The summed E-state index contributed by atoms with van der Waals surface area (Å²) in [6.45, 7) is 4.49. The number of hydrogen-bond donors (Lipinski definition) is 2. The summed E-state index contributed by atoms with van der Waals surface area (Å²) in [6.07, 6.45) is 3.84. The number of nitrogens with one attached hydrogen (secondary N) is 1. The molecule has 0 unspecified atom stereocenters. The predicted octanol–water partition coefficient (Wildman–Crippen LogP) is 0.849. The molecule has 1 aromatic heterocycles. The van der Waals surface area contributed by atoms with Crippen molar-refractivity contribution in [2.45, 2.75) is 37.8 Å². The van der Waals surface area contributed by atoms with E-state index in [4.69, 9.17) is 4.74 Å². The third-order valence-corrected chi connectivity index (χ3v) is 6.29. The Bertz CT molecular complexity index is 1040. The first-order valence-corrected chi connectivity index (χ1v) is 11.3. The summed E-state index contributed by atoms with van der Waals surface area (Å²) >= 11 is 0. The number of aliphatic hydroxyl groups excluding tert-OH is 1. The van der Waals surface area contributed by atoms with Crippen LogP contribution in [0.15, 0.2) is 46.1 Å². The molecule has 2 fully saturated rings. The minimum Gasteiger partial charge on any atom is -0.492 e. The average Bonchev–Trinajstić information content (AvgIpc) is 3.23. The highest BCUT2D eigenvalue weighted by molar-refractivity contribution is 5.94. The highest BCUT2D eigenvalue weighted by Gasteiger charge is 2.29. The molecule has 2 aliphatic rings. The molecule has 1 amide bonds. The number of amides is 1. The van der Waals surface area contributed by atoms with Crippen LogP contribution in [-0.2, 0) is 0 Å². The SMILES string of the molecule is O=C(c1cccc(OCCN2CCCC2)c1)N1CC[C@H](O)[C@@H](n2ccc(=O)[nH]c2=O)CC1. The zero-order chi connectivity index (χ0) is 22.5. The maximum atomic E-state index is 13.1. The molecule has 0 aliphatic carbocycles. The zero-order valence-electron chi connectivity index (χ0n) is 18.1. The van der Waals surface area contributed by atoms with E-state index in [1.807, 2.05) is 12.1 Å². The second-order valence-electron chi connectivity index (χ2n) is 8.45. The molecule has 32 heavy (non-hydrogen) atoms. The number of likely N-dealkylation sites (tertiary alicyclic amines) is 2. The van der Waals surface area contributed by atoms with Gasteiger partial charge in [0.15, 0.2) is 0 Å². The maximum Gasteiger partial charge on any atom is 0.328 e. The first kappa shape index (κ1) is 22.3. The van der Waals surface area contributed by atoms with Crippen molar-refractivity contribution < 1.29 is 14.6 Å². The lowest BCUT2D eigenvalue weighted by Crippen LogP contribution is -2.36. The fourth-order valence-electron chi connectivity index (χ4n) is 4.49. The zero-order valence-corrected chi connectivity index (χ0v) is 18.1. The van der Waals surface area contributed by atoms with Crippen LogP contribution >= 0.6 is 0 Å². The first-order valence-electron chi connectivity index (χ1n) is 11.3. The van der Waals surface area contributed by atoms with Crippen LogP contribution < -0.4 is 16.0 Å². The van der Waals surface area contributed by atoms with Crippen molar-refractivity contribution in [3.05, 3.63) is 62.9 Å². The fraction of sp³-hybridized carbons (Fsp3) is 0.522. The second-order valence-corrected chi connectivity index (χ2v) is 8.45. The third kappa shape index (κ3) is 5.28. The second kappa shape index (κ2) is 10.1. The molecule has 0 saturated carbocycles. The van der Waals surface area contributed by atoms with Gasteiger partial charge >= 0.3 is 5.69 Å². The van der Waals surface area contributed by atoms with Crippen LogP contribution in [0.2, 0.25) is 0 Å². The van der Waals surface area contributed by atoms with E-state index in [0.29, 0.717) is 43.9 Å². The monoisotopic (exact) mass is 442 g/mol. The van der Waals surface area contributed by atoms with Gasteiger partial charge in [0.2, 0.25) is 0 Å². The van der Waals surface area contributed by atoms with Crippen molar-refractivity contribution in [2.24, 2.45) is 0 Å². The van der Waals surface area contributed by atoms with Gasteiger partial charge in [0.25, 0.3) is 11.5 Å². The van der Waals surface area contributed by atoms with Gasteiger partial charge in [0, 0.05) is 37.5 Å². The van der Waals surface area contributed by atoms with Gasteiger partial charge in [0.1, 0.15) is 12.4 Å². The molecule has 2 aliphatic heterocycles. The molecule has 2 N–H and O–H groups in total. The molecule has 1 aromatic carbocycles. The Labute approximate surface area is 186 Å². The predicted molar refractivity (Wildman–Crippen MR) is 119 cm³/mol. The summed E-state index contributed by atoms with van der Waals surface area (Å²) in [6, 6.07) is 7.95. The van der Waals surface area contributed by atoms with Gasteiger partial charge in [-0.25, -0.2) is 4.79 Å². The molecule has 0 radical (unpaired) electrons. The van der Waals surface area contributed by atoms with Crippen LogP contribution in [-0.4, -0.2) is 75.8 Å². The Hall–Kier alpha value is -2.91. The number of aliphatic hydroxyl groups is 1. The molecule has 172 valence electrons. The van der Waals surface area contributed by atoms with Crippen molar-refractivity contribution in [3.8, 4) is 5.75 Å². The number of hydrogen-bond acceptors (Lipinski definition) is 6. The van der Waals surface area contributed by atoms with Crippen LogP contribution in [0.3, 0.4) is 0 Å². The molecule has 4 rings (SSSR count). The van der Waals surface area contributed by atoms with Crippen molar-refractivity contribution in [3.63, 3.8) is 0 Å². The Kier molecular flexibility index (Phi) is 7.06. The minimum absolute atomic E-state index is 0.128. The Morgan fingerprint density at radius 2 is 1.88 bits per heavy atom. The number of benzene rings is 1.